The van der Waals surface area contributed by atoms with Gasteiger partial charge in [0.1, 0.15) is 0 Å². The average Bonchev–Trinajstić information content (AvgIpc) is 2.34. The van der Waals surface area contributed by atoms with Gasteiger partial charge >= 0.3 is 0 Å². The number of unbranched alkanes of at least 4 members (excludes halogenated alkanes) is 4. The lowest BCUT2D eigenvalue weighted by molar-refractivity contribution is 0.103. The van der Waals surface area contributed by atoms with Crippen molar-refractivity contribution in [3.8, 4) is 0 Å². The first kappa shape index (κ1) is 18.9. The van der Waals surface area contributed by atoms with Crippen LogP contribution in [-0.2, 0) is 0 Å². The summed E-state index contributed by atoms with van der Waals surface area (Å²) in [4.78, 5) is 2.20. The van der Waals surface area contributed by atoms with E-state index >= 15 is 0 Å². The fourth-order valence-electron chi connectivity index (χ4n) is 2.38. The molecule has 0 saturated carbocycles. The van der Waals surface area contributed by atoms with Crippen LogP contribution in [-0.4, -0.2) is 29.8 Å². The molecule has 2 heteroatoms. The summed E-state index contributed by atoms with van der Waals surface area (Å²) in [5.74, 6) is 1.66. The van der Waals surface area contributed by atoms with Gasteiger partial charge in [-0.15, -0.1) is 0 Å². The van der Waals surface area contributed by atoms with Crippen LogP contribution in [0, 0.1) is 11.8 Å². The zero-order chi connectivity index (χ0) is 14.5. The molecule has 0 aromatic carbocycles. The number of hydrogen-bond acceptors (Lipinski definition) is 2. The monoisotopic (exact) mass is 271 g/mol. The minimum Gasteiger partial charge on any atom is -0.381 e. The largest absolute Gasteiger partial charge is 0.381 e. The first-order valence-corrected chi connectivity index (χ1v) is 8.39. The van der Waals surface area contributed by atoms with Crippen LogP contribution in [0.1, 0.15) is 79.1 Å². The van der Waals surface area contributed by atoms with Gasteiger partial charge in [-0.05, 0) is 24.7 Å². The summed E-state index contributed by atoms with van der Waals surface area (Å²) in [6.07, 6.45) is 10.4. The quantitative estimate of drug-likeness (QED) is 0.388. The van der Waals surface area contributed by atoms with Crippen LogP contribution >= 0.6 is 0 Å². The summed E-state index contributed by atoms with van der Waals surface area (Å²) in [6, 6.07) is 0. The number of hydrogen-bond donors (Lipinski definition) is 1. The maximum absolute atomic E-state index is 9.34. The van der Waals surface area contributed by atoms with Crippen LogP contribution < -0.4 is 0 Å². The Morgan fingerprint density at radius 2 is 1.11 bits per heavy atom. The molecule has 0 heterocycles. The molecule has 0 rings (SSSR count). The van der Waals surface area contributed by atoms with Crippen LogP contribution in [0.15, 0.2) is 0 Å². The van der Waals surface area contributed by atoms with Crippen molar-refractivity contribution in [1.29, 1.82) is 0 Å². The molecule has 0 aromatic heterocycles. The van der Waals surface area contributed by atoms with E-state index in [1.54, 1.807) is 0 Å². The zero-order valence-corrected chi connectivity index (χ0v) is 13.8. The predicted molar refractivity (Wildman–Crippen MR) is 85.3 cm³/mol. The molecule has 19 heavy (non-hydrogen) atoms. The van der Waals surface area contributed by atoms with E-state index < -0.39 is 0 Å². The molecule has 0 atom stereocenters. The van der Waals surface area contributed by atoms with Crippen LogP contribution in [0.25, 0.3) is 0 Å². The van der Waals surface area contributed by atoms with Gasteiger partial charge in [0, 0.05) is 13.1 Å². The van der Waals surface area contributed by atoms with E-state index in [2.05, 4.69) is 32.6 Å². The van der Waals surface area contributed by atoms with Crippen molar-refractivity contribution in [3.63, 3.8) is 0 Å². The summed E-state index contributed by atoms with van der Waals surface area (Å²) in [6.45, 7) is 11.5. The molecule has 1 N–H and O–H groups in total. The van der Waals surface area contributed by atoms with Crippen molar-refractivity contribution in [2.24, 2.45) is 11.8 Å². The standard InChI is InChI=1S/C17H37NO/c1-16(2)11-7-5-9-13-18(15-19)14-10-6-8-12-17(3)4/h16-17,19H,5-15H2,1-4H3. The van der Waals surface area contributed by atoms with Gasteiger partial charge in [-0.25, -0.2) is 0 Å². The van der Waals surface area contributed by atoms with E-state index in [1.807, 2.05) is 0 Å². The Hall–Kier alpha value is -0.0800. The van der Waals surface area contributed by atoms with Gasteiger partial charge in [-0.2, -0.15) is 0 Å². The summed E-state index contributed by atoms with van der Waals surface area (Å²) in [5, 5.41) is 9.34. The number of aliphatic hydroxyl groups is 1. The lowest BCUT2D eigenvalue weighted by Gasteiger charge is -2.19. The molecule has 0 unspecified atom stereocenters. The molecule has 0 aliphatic heterocycles. The van der Waals surface area contributed by atoms with Gasteiger partial charge in [-0.1, -0.05) is 66.2 Å². The lowest BCUT2D eigenvalue weighted by atomic mass is 10.0. The SMILES string of the molecule is CC(C)CCCCCN(CO)CCCCCC(C)C. The Labute approximate surface area is 121 Å². The molecule has 116 valence electrons. The van der Waals surface area contributed by atoms with E-state index in [-0.39, 0.29) is 6.73 Å². The van der Waals surface area contributed by atoms with Crippen molar-refractivity contribution in [2.45, 2.75) is 79.1 Å². The Morgan fingerprint density at radius 1 is 0.684 bits per heavy atom. The van der Waals surface area contributed by atoms with Crippen LogP contribution in [0.2, 0.25) is 0 Å². The normalized spacial score (nSPS) is 12.0. The number of nitrogens with zero attached hydrogens (tertiary/aromatic N) is 1. The number of aliphatic hydroxyl groups excluding tert-OH is 1. The van der Waals surface area contributed by atoms with Crippen molar-refractivity contribution in [1.82, 2.24) is 4.90 Å². The van der Waals surface area contributed by atoms with Crippen molar-refractivity contribution in [2.75, 3.05) is 19.8 Å². The van der Waals surface area contributed by atoms with Gasteiger partial charge < -0.3 is 5.11 Å². The zero-order valence-electron chi connectivity index (χ0n) is 13.8. The molecular formula is C17H37NO. The van der Waals surface area contributed by atoms with Crippen molar-refractivity contribution >= 4 is 0 Å². The summed E-state index contributed by atoms with van der Waals surface area (Å²) >= 11 is 0. The average molecular weight is 271 g/mol. The lowest BCUT2D eigenvalue weighted by Crippen LogP contribution is -2.27. The third-order valence-corrected chi connectivity index (χ3v) is 3.71. The Kier molecular flexibility index (Phi) is 12.9. The van der Waals surface area contributed by atoms with Crippen molar-refractivity contribution < 1.29 is 5.11 Å². The maximum atomic E-state index is 9.34. The molecule has 0 spiro atoms. The molecule has 0 aliphatic rings. The van der Waals surface area contributed by atoms with Crippen LogP contribution in [0.3, 0.4) is 0 Å². The van der Waals surface area contributed by atoms with E-state index in [0.717, 1.165) is 24.9 Å². The van der Waals surface area contributed by atoms with Crippen LogP contribution in [0.5, 0.6) is 0 Å². The van der Waals surface area contributed by atoms with Gasteiger partial charge in [0.15, 0.2) is 0 Å². The first-order valence-electron chi connectivity index (χ1n) is 8.39. The van der Waals surface area contributed by atoms with E-state index in [1.165, 1.54) is 51.4 Å². The summed E-state index contributed by atoms with van der Waals surface area (Å²) in [5.41, 5.74) is 0. The smallest absolute Gasteiger partial charge is 0.0956 e. The van der Waals surface area contributed by atoms with Crippen molar-refractivity contribution in [3.05, 3.63) is 0 Å². The Balaban J connectivity index is 3.39. The highest BCUT2D eigenvalue weighted by Crippen LogP contribution is 2.10. The van der Waals surface area contributed by atoms with Gasteiger partial charge in [0.2, 0.25) is 0 Å². The molecule has 0 aliphatic carbocycles. The minimum atomic E-state index is 0.231. The Bertz CT molecular complexity index is 162. The fourth-order valence-corrected chi connectivity index (χ4v) is 2.38. The molecule has 0 amide bonds. The van der Waals surface area contributed by atoms with Gasteiger partial charge in [0.25, 0.3) is 0 Å². The second-order valence-corrected chi connectivity index (χ2v) is 6.75. The van der Waals surface area contributed by atoms with E-state index in [4.69, 9.17) is 0 Å². The molecule has 0 bridgehead atoms. The molecule has 0 radical (unpaired) electrons. The second kappa shape index (κ2) is 12.9. The molecular weight excluding hydrogens is 234 g/mol. The second-order valence-electron chi connectivity index (χ2n) is 6.75. The highest BCUT2D eigenvalue weighted by molar-refractivity contribution is 4.56. The van der Waals surface area contributed by atoms with E-state index in [0.29, 0.717) is 0 Å². The van der Waals surface area contributed by atoms with Gasteiger partial charge in [0.05, 0.1) is 6.73 Å². The topological polar surface area (TPSA) is 23.5 Å². The maximum Gasteiger partial charge on any atom is 0.0956 e. The third kappa shape index (κ3) is 14.1. The molecule has 0 aromatic rings. The summed E-state index contributed by atoms with van der Waals surface area (Å²) < 4.78 is 0. The van der Waals surface area contributed by atoms with Crippen LogP contribution in [0.4, 0.5) is 0 Å². The van der Waals surface area contributed by atoms with E-state index in [9.17, 15) is 5.11 Å². The highest BCUT2D eigenvalue weighted by Gasteiger charge is 2.03. The third-order valence-electron chi connectivity index (χ3n) is 3.71. The predicted octanol–water partition coefficient (Wildman–Crippen LogP) is 4.67. The number of rotatable bonds is 13. The highest BCUT2D eigenvalue weighted by atomic mass is 16.3. The minimum absolute atomic E-state index is 0.231. The van der Waals surface area contributed by atoms with Gasteiger partial charge in [-0.3, -0.25) is 4.90 Å². The molecule has 0 saturated heterocycles. The fraction of sp³-hybridized carbons (Fsp3) is 1.00. The summed E-state index contributed by atoms with van der Waals surface area (Å²) in [7, 11) is 0. The molecule has 2 nitrogen and oxygen atoms in total. The Morgan fingerprint density at radius 3 is 1.42 bits per heavy atom. The molecule has 0 fully saturated rings. The first-order chi connectivity index (χ1) is 9.06.